The third-order valence-corrected chi connectivity index (χ3v) is 5.35. The zero-order valence-electron chi connectivity index (χ0n) is 18.7. The van der Waals surface area contributed by atoms with Gasteiger partial charge in [-0.3, -0.25) is 0 Å². The first-order valence-electron chi connectivity index (χ1n) is 10.6. The summed E-state index contributed by atoms with van der Waals surface area (Å²) in [6.45, 7) is 15.6. The minimum absolute atomic E-state index is 0.105. The number of hydrogen-bond acceptors (Lipinski definition) is 0. The molecule has 1 atom stereocenters. The van der Waals surface area contributed by atoms with E-state index in [1.165, 1.54) is 24.0 Å². The van der Waals surface area contributed by atoms with Crippen molar-refractivity contribution in [3.63, 3.8) is 0 Å². The molecular formula is C26H38F2. The number of halogens is 2. The molecule has 28 heavy (non-hydrogen) atoms. The van der Waals surface area contributed by atoms with Crippen LogP contribution in [-0.4, -0.2) is 0 Å². The molecule has 156 valence electrons. The Hall–Kier alpha value is -1.70. The molecule has 0 radical (unpaired) electrons. The highest BCUT2D eigenvalue weighted by Gasteiger charge is 2.26. The molecule has 0 aliphatic carbocycles. The number of hydrogen-bond donors (Lipinski definition) is 0. The van der Waals surface area contributed by atoms with Gasteiger partial charge in [-0.1, -0.05) is 62.3 Å². The van der Waals surface area contributed by atoms with Crippen LogP contribution in [0.4, 0.5) is 8.78 Å². The summed E-state index contributed by atoms with van der Waals surface area (Å²) in [5, 5.41) is 0. The summed E-state index contributed by atoms with van der Waals surface area (Å²) in [5.74, 6) is -2.23. The van der Waals surface area contributed by atoms with Crippen molar-refractivity contribution in [3.05, 3.63) is 64.8 Å². The first kappa shape index (κ1) is 24.3. The van der Waals surface area contributed by atoms with Gasteiger partial charge < -0.3 is 0 Å². The van der Waals surface area contributed by atoms with Crippen LogP contribution in [-0.2, 0) is 5.92 Å². The van der Waals surface area contributed by atoms with Crippen LogP contribution >= 0.6 is 0 Å². The Kier molecular flexibility index (Phi) is 9.85. The summed E-state index contributed by atoms with van der Waals surface area (Å²) < 4.78 is 27.6. The third-order valence-electron chi connectivity index (χ3n) is 5.35. The quantitative estimate of drug-likeness (QED) is 0.332. The molecule has 0 saturated carbocycles. The maximum absolute atomic E-state index is 13.8. The van der Waals surface area contributed by atoms with E-state index in [1.54, 1.807) is 19.1 Å². The molecular weight excluding hydrogens is 350 g/mol. The Morgan fingerprint density at radius 3 is 2.36 bits per heavy atom. The van der Waals surface area contributed by atoms with Crippen LogP contribution in [0.3, 0.4) is 0 Å². The normalized spacial score (nSPS) is 13.4. The summed E-state index contributed by atoms with van der Waals surface area (Å²) in [6, 6.07) is 5.32. The van der Waals surface area contributed by atoms with Crippen molar-refractivity contribution < 1.29 is 8.78 Å². The maximum atomic E-state index is 13.8. The van der Waals surface area contributed by atoms with Crippen LogP contribution < -0.4 is 0 Å². The van der Waals surface area contributed by atoms with E-state index in [9.17, 15) is 8.78 Å². The van der Waals surface area contributed by atoms with Gasteiger partial charge in [0.25, 0.3) is 5.92 Å². The Morgan fingerprint density at radius 1 is 1.14 bits per heavy atom. The third kappa shape index (κ3) is 7.73. The van der Waals surface area contributed by atoms with Gasteiger partial charge in [0.15, 0.2) is 0 Å². The van der Waals surface area contributed by atoms with Crippen LogP contribution in [0.1, 0.15) is 89.8 Å². The van der Waals surface area contributed by atoms with Crippen LogP contribution in [0.5, 0.6) is 0 Å². The van der Waals surface area contributed by atoms with Crippen LogP contribution in [0, 0.1) is 12.8 Å². The van der Waals surface area contributed by atoms with Crippen molar-refractivity contribution in [1.29, 1.82) is 0 Å². The lowest BCUT2D eigenvalue weighted by Gasteiger charge is -2.20. The van der Waals surface area contributed by atoms with Gasteiger partial charge in [-0.2, -0.15) is 0 Å². The molecule has 0 spiro atoms. The van der Waals surface area contributed by atoms with Gasteiger partial charge in [-0.25, -0.2) is 8.78 Å². The lowest BCUT2D eigenvalue weighted by atomic mass is 9.86. The molecule has 0 aliphatic rings. The van der Waals surface area contributed by atoms with E-state index < -0.39 is 5.92 Å². The first-order chi connectivity index (χ1) is 13.1. The highest BCUT2D eigenvalue weighted by atomic mass is 19.3. The monoisotopic (exact) mass is 388 g/mol. The summed E-state index contributed by atoms with van der Waals surface area (Å²) in [7, 11) is 0. The van der Waals surface area contributed by atoms with Crippen molar-refractivity contribution in [1.82, 2.24) is 0 Å². The average molecular weight is 389 g/mol. The maximum Gasteiger partial charge on any atom is 0.270 e. The van der Waals surface area contributed by atoms with Gasteiger partial charge in [0, 0.05) is 12.5 Å². The van der Waals surface area contributed by atoms with Crippen LogP contribution in [0.25, 0.3) is 5.57 Å². The summed E-state index contributed by atoms with van der Waals surface area (Å²) in [4.78, 5) is 0. The fourth-order valence-electron chi connectivity index (χ4n) is 3.70. The molecule has 0 aromatic heterocycles. The van der Waals surface area contributed by atoms with Gasteiger partial charge in [0.05, 0.1) is 0 Å². The molecule has 0 fully saturated rings. The molecule has 0 bridgehead atoms. The zero-order valence-corrected chi connectivity index (χ0v) is 18.7. The molecule has 1 rings (SSSR count). The molecule has 1 aromatic rings. The first-order valence-corrected chi connectivity index (χ1v) is 10.6. The van der Waals surface area contributed by atoms with Gasteiger partial charge in [-0.15, -0.1) is 0 Å². The Morgan fingerprint density at radius 2 is 1.82 bits per heavy atom. The Balaban J connectivity index is 2.80. The fraction of sp³-hybridized carbons (Fsp3) is 0.538. The number of allylic oxidation sites excluding steroid dienone is 5. The van der Waals surface area contributed by atoms with E-state index >= 15 is 0 Å². The van der Waals surface area contributed by atoms with E-state index in [4.69, 9.17) is 0 Å². The van der Waals surface area contributed by atoms with E-state index in [0.717, 1.165) is 43.7 Å². The molecule has 0 N–H and O–H groups in total. The molecule has 0 saturated heterocycles. The standard InChI is InChI=1S/C26H38F2/c1-8-11-23(22(9-2)16-14-19(3)4)13-10-12-20(5)24-17-15-21(6)25(18-24)26(7,27)28/h14-18,23H,5,8-13H2,1-4,6-7H3/b22-16+. The van der Waals surface area contributed by atoms with Crippen molar-refractivity contribution >= 4 is 5.57 Å². The van der Waals surface area contributed by atoms with E-state index in [0.29, 0.717) is 11.5 Å². The number of aryl methyl sites for hydroxylation is 1. The Bertz CT molecular complexity index is 698. The average Bonchev–Trinajstić information content (AvgIpc) is 2.61. The molecule has 1 aromatic carbocycles. The predicted octanol–water partition coefficient (Wildman–Crippen LogP) is 9.01. The molecule has 2 heteroatoms. The molecule has 1 unspecified atom stereocenters. The lowest BCUT2D eigenvalue weighted by Crippen LogP contribution is -2.09. The second kappa shape index (κ2) is 11.3. The van der Waals surface area contributed by atoms with E-state index in [2.05, 4.69) is 46.4 Å². The molecule has 0 amide bonds. The summed E-state index contributed by atoms with van der Waals surface area (Å²) >= 11 is 0. The van der Waals surface area contributed by atoms with Gasteiger partial charge in [-0.05, 0) is 81.6 Å². The van der Waals surface area contributed by atoms with E-state index in [-0.39, 0.29) is 5.56 Å². The minimum atomic E-state index is -2.82. The van der Waals surface area contributed by atoms with Crippen molar-refractivity contribution in [2.24, 2.45) is 5.92 Å². The summed E-state index contributed by atoms with van der Waals surface area (Å²) in [6.07, 6.45) is 10.9. The fourth-order valence-corrected chi connectivity index (χ4v) is 3.70. The predicted molar refractivity (Wildman–Crippen MR) is 120 cm³/mol. The second-order valence-electron chi connectivity index (χ2n) is 8.24. The molecule has 0 aliphatic heterocycles. The lowest BCUT2D eigenvalue weighted by molar-refractivity contribution is 0.0168. The van der Waals surface area contributed by atoms with Gasteiger partial charge in [0.1, 0.15) is 0 Å². The van der Waals surface area contributed by atoms with Crippen molar-refractivity contribution in [2.45, 2.75) is 86.0 Å². The molecule has 0 heterocycles. The van der Waals surface area contributed by atoms with Crippen LogP contribution in [0.15, 0.2) is 48.1 Å². The summed E-state index contributed by atoms with van der Waals surface area (Å²) in [5.41, 5.74) is 5.35. The van der Waals surface area contributed by atoms with Crippen molar-refractivity contribution in [2.75, 3.05) is 0 Å². The zero-order chi connectivity index (χ0) is 21.3. The highest BCUT2D eigenvalue weighted by Crippen LogP contribution is 2.33. The highest BCUT2D eigenvalue weighted by molar-refractivity contribution is 5.64. The second-order valence-corrected chi connectivity index (χ2v) is 8.24. The van der Waals surface area contributed by atoms with E-state index in [1.807, 2.05) is 6.07 Å². The van der Waals surface area contributed by atoms with Crippen molar-refractivity contribution in [3.8, 4) is 0 Å². The topological polar surface area (TPSA) is 0 Å². The van der Waals surface area contributed by atoms with Gasteiger partial charge in [0.2, 0.25) is 0 Å². The largest absolute Gasteiger partial charge is 0.270 e. The SMILES string of the molecule is C=C(CCCC(CCC)/C(=C/C=C(C)C)CC)c1ccc(C)c(C(C)(F)F)c1. The smallest absolute Gasteiger partial charge is 0.202 e. The Labute approximate surface area is 171 Å². The number of alkyl halides is 2. The number of benzene rings is 1. The number of rotatable bonds is 11. The molecule has 0 nitrogen and oxygen atoms in total. The van der Waals surface area contributed by atoms with Crippen LogP contribution in [0.2, 0.25) is 0 Å². The minimum Gasteiger partial charge on any atom is -0.202 e. The van der Waals surface area contributed by atoms with Gasteiger partial charge >= 0.3 is 0 Å².